The third kappa shape index (κ3) is 3.10. The van der Waals surface area contributed by atoms with E-state index in [1.165, 1.54) is 19.3 Å². The molecule has 1 N–H and O–H groups in total. The number of carbonyl (C=O) groups is 1. The standard InChI is InChI=1S/C17H30N2O.ClH/c1-15-7-13-8-16(2,10-15)12-17(9-13,11-15)14(20)18-5-6-19(3)4;/h13H,5-12H2,1-4H3,(H,18,20);1H. The average molecular weight is 315 g/mol. The first-order valence-corrected chi connectivity index (χ1v) is 8.18. The Kier molecular flexibility index (Phi) is 4.41. The second-order valence-corrected chi connectivity index (χ2v) is 8.97. The minimum atomic E-state index is -0.0464. The Bertz CT molecular complexity index is 405. The number of nitrogens with one attached hydrogen (secondary N) is 1. The summed E-state index contributed by atoms with van der Waals surface area (Å²) in [4.78, 5) is 15.0. The minimum Gasteiger partial charge on any atom is -0.354 e. The van der Waals surface area contributed by atoms with Crippen molar-refractivity contribution in [1.29, 1.82) is 0 Å². The van der Waals surface area contributed by atoms with Crippen LogP contribution in [0.4, 0.5) is 0 Å². The molecule has 1 amide bonds. The van der Waals surface area contributed by atoms with Crippen LogP contribution in [0, 0.1) is 22.2 Å². The Balaban J connectivity index is 0.00000161. The van der Waals surface area contributed by atoms with Crippen molar-refractivity contribution in [3.8, 4) is 0 Å². The molecule has 4 heteroatoms. The van der Waals surface area contributed by atoms with Crippen LogP contribution in [0.15, 0.2) is 0 Å². The highest BCUT2D eigenvalue weighted by atomic mass is 35.5. The highest BCUT2D eigenvalue weighted by Gasteiger charge is 2.62. The molecule has 21 heavy (non-hydrogen) atoms. The first kappa shape index (κ1) is 17.1. The normalized spacial score (nSPS) is 43.8. The monoisotopic (exact) mass is 314 g/mol. The lowest BCUT2D eigenvalue weighted by Crippen LogP contribution is -2.60. The molecular weight excluding hydrogens is 284 g/mol. The Hall–Kier alpha value is -0.280. The van der Waals surface area contributed by atoms with Crippen molar-refractivity contribution in [1.82, 2.24) is 10.2 Å². The molecular formula is C17H31ClN2O. The quantitative estimate of drug-likeness (QED) is 0.865. The lowest BCUT2D eigenvalue weighted by Gasteiger charge is -2.64. The molecule has 0 heterocycles. The molecule has 0 aliphatic heterocycles. The van der Waals surface area contributed by atoms with Crippen LogP contribution < -0.4 is 5.32 Å². The Morgan fingerprint density at radius 3 is 2.14 bits per heavy atom. The summed E-state index contributed by atoms with van der Waals surface area (Å²) >= 11 is 0. The van der Waals surface area contributed by atoms with E-state index in [1.807, 2.05) is 0 Å². The summed E-state index contributed by atoms with van der Waals surface area (Å²) in [6.07, 6.45) is 7.44. The molecule has 0 saturated heterocycles. The maximum Gasteiger partial charge on any atom is 0.226 e. The van der Waals surface area contributed by atoms with Gasteiger partial charge in [-0.1, -0.05) is 13.8 Å². The molecule has 122 valence electrons. The van der Waals surface area contributed by atoms with Gasteiger partial charge in [-0.2, -0.15) is 0 Å². The van der Waals surface area contributed by atoms with Gasteiger partial charge in [0.2, 0.25) is 5.91 Å². The van der Waals surface area contributed by atoms with Gasteiger partial charge in [-0.15, -0.1) is 12.4 Å². The third-order valence-electron chi connectivity index (χ3n) is 5.95. The highest BCUT2D eigenvalue weighted by molar-refractivity contribution is 5.85. The van der Waals surface area contributed by atoms with Crippen LogP contribution in [-0.4, -0.2) is 38.0 Å². The topological polar surface area (TPSA) is 32.3 Å². The van der Waals surface area contributed by atoms with Crippen molar-refractivity contribution in [3.63, 3.8) is 0 Å². The van der Waals surface area contributed by atoms with Gasteiger partial charge in [0.15, 0.2) is 0 Å². The van der Waals surface area contributed by atoms with E-state index in [0.29, 0.717) is 16.7 Å². The maximum atomic E-state index is 12.8. The van der Waals surface area contributed by atoms with E-state index in [9.17, 15) is 4.79 Å². The molecule has 2 unspecified atom stereocenters. The first-order valence-electron chi connectivity index (χ1n) is 8.18. The van der Waals surface area contributed by atoms with E-state index < -0.39 is 0 Å². The second kappa shape index (κ2) is 5.42. The summed E-state index contributed by atoms with van der Waals surface area (Å²) in [6.45, 7) is 6.57. The van der Waals surface area contributed by atoms with Crippen molar-refractivity contribution in [2.45, 2.75) is 52.4 Å². The molecule has 0 spiro atoms. The predicted octanol–water partition coefficient (Wildman–Crippen LogP) is 3.08. The van der Waals surface area contributed by atoms with Crippen LogP contribution >= 0.6 is 12.4 Å². The number of rotatable bonds is 4. The van der Waals surface area contributed by atoms with E-state index in [0.717, 1.165) is 38.3 Å². The first-order chi connectivity index (χ1) is 9.24. The fraction of sp³-hybridized carbons (Fsp3) is 0.941. The molecule has 3 nitrogen and oxygen atoms in total. The second-order valence-electron chi connectivity index (χ2n) is 8.97. The maximum absolute atomic E-state index is 12.8. The Labute approximate surface area is 135 Å². The van der Waals surface area contributed by atoms with Gasteiger partial charge in [-0.05, 0) is 69.4 Å². The van der Waals surface area contributed by atoms with Gasteiger partial charge in [0, 0.05) is 13.1 Å². The lowest BCUT2D eigenvalue weighted by atomic mass is 9.40. The number of halogens is 1. The van der Waals surface area contributed by atoms with Crippen LogP contribution in [0.1, 0.15) is 52.4 Å². The van der Waals surface area contributed by atoms with E-state index in [2.05, 4.69) is 38.2 Å². The molecule has 4 aliphatic rings. The molecule has 4 aliphatic carbocycles. The third-order valence-corrected chi connectivity index (χ3v) is 5.95. The van der Waals surface area contributed by atoms with Crippen molar-refractivity contribution in [2.24, 2.45) is 22.2 Å². The number of nitrogens with zero attached hydrogens (tertiary/aromatic N) is 1. The summed E-state index contributed by atoms with van der Waals surface area (Å²) < 4.78 is 0. The SMILES string of the molecule is CN(C)CCNC(=O)C12CC3CC(C)(CC(C)(C3)C1)C2.Cl. The number of carbonyl (C=O) groups excluding carboxylic acids is 1. The number of hydrogen-bond donors (Lipinski definition) is 1. The fourth-order valence-electron chi connectivity index (χ4n) is 6.28. The van der Waals surface area contributed by atoms with Gasteiger partial charge in [-0.3, -0.25) is 4.79 Å². The molecule has 4 saturated carbocycles. The van der Waals surface area contributed by atoms with Crippen LogP contribution in [0.2, 0.25) is 0 Å². The molecule has 0 aromatic rings. The molecule has 0 aromatic carbocycles. The Morgan fingerprint density at radius 2 is 1.67 bits per heavy atom. The van der Waals surface area contributed by atoms with Crippen LogP contribution in [-0.2, 0) is 4.79 Å². The zero-order valence-electron chi connectivity index (χ0n) is 14.0. The van der Waals surface area contributed by atoms with E-state index in [4.69, 9.17) is 0 Å². The van der Waals surface area contributed by atoms with Crippen molar-refractivity contribution in [2.75, 3.05) is 27.2 Å². The van der Waals surface area contributed by atoms with Gasteiger partial charge < -0.3 is 10.2 Å². The number of likely N-dealkylation sites (N-methyl/N-ethyl adjacent to an activating group) is 1. The highest BCUT2D eigenvalue weighted by Crippen LogP contribution is 2.69. The van der Waals surface area contributed by atoms with Gasteiger partial charge in [0.05, 0.1) is 5.41 Å². The van der Waals surface area contributed by atoms with Gasteiger partial charge in [0.1, 0.15) is 0 Å². The molecule has 4 fully saturated rings. The predicted molar refractivity (Wildman–Crippen MR) is 88.7 cm³/mol. The van der Waals surface area contributed by atoms with Gasteiger partial charge in [-0.25, -0.2) is 0 Å². The summed E-state index contributed by atoms with van der Waals surface area (Å²) in [5.41, 5.74) is 0.801. The minimum absolute atomic E-state index is 0. The molecule has 0 aromatic heterocycles. The van der Waals surface area contributed by atoms with Crippen LogP contribution in [0.3, 0.4) is 0 Å². The summed E-state index contributed by atoms with van der Waals surface area (Å²) in [5.74, 6) is 1.14. The summed E-state index contributed by atoms with van der Waals surface area (Å²) in [5, 5.41) is 3.22. The van der Waals surface area contributed by atoms with E-state index in [-0.39, 0.29) is 17.8 Å². The fourth-order valence-corrected chi connectivity index (χ4v) is 6.28. The number of amides is 1. The Morgan fingerprint density at radius 1 is 1.10 bits per heavy atom. The van der Waals surface area contributed by atoms with E-state index in [1.54, 1.807) is 0 Å². The smallest absolute Gasteiger partial charge is 0.226 e. The van der Waals surface area contributed by atoms with E-state index >= 15 is 0 Å². The number of hydrogen-bond acceptors (Lipinski definition) is 2. The molecule has 0 radical (unpaired) electrons. The van der Waals surface area contributed by atoms with Crippen molar-refractivity contribution in [3.05, 3.63) is 0 Å². The van der Waals surface area contributed by atoms with Gasteiger partial charge >= 0.3 is 0 Å². The van der Waals surface area contributed by atoms with Crippen molar-refractivity contribution >= 4 is 18.3 Å². The molecule has 4 rings (SSSR count). The lowest BCUT2D eigenvalue weighted by molar-refractivity contribution is -0.170. The average Bonchev–Trinajstić information content (AvgIpc) is 2.22. The zero-order chi connectivity index (χ0) is 14.6. The van der Waals surface area contributed by atoms with Crippen LogP contribution in [0.25, 0.3) is 0 Å². The summed E-state index contributed by atoms with van der Waals surface area (Å²) in [7, 11) is 4.11. The van der Waals surface area contributed by atoms with Crippen molar-refractivity contribution < 1.29 is 4.79 Å². The molecule has 4 bridgehead atoms. The zero-order valence-corrected chi connectivity index (χ0v) is 14.8. The molecule has 2 atom stereocenters. The van der Waals surface area contributed by atoms with Crippen LogP contribution in [0.5, 0.6) is 0 Å². The largest absolute Gasteiger partial charge is 0.354 e. The summed E-state index contributed by atoms with van der Waals surface area (Å²) in [6, 6.07) is 0. The van der Waals surface area contributed by atoms with Gasteiger partial charge in [0.25, 0.3) is 0 Å².